The molecule has 2 aromatic carbocycles. The molecule has 14 heteroatoms. The van der Waals surface area contributed by atoms with Crippen LogP contribution in [0.25, 0.3) is 17.1 Å². The molecule has 0 saturated carbocycles. The molecule has 4 rings (SSSR count). The molecule has 0 radical (unpaired) electrons. The molecular weight excluding hydrogens is 530 g/mol. The molecule has 0 aliphatic carbocycles. The number of hydrogen-bond acceptors (Lipinski definition) is 4. The third kappa shape index (κ3) is 5.44. The fraction of sp³-hybridized carbons (Fsp3) is 0.273. The monoisotopic (exact) mass is 546 g/mol. The van der Waals surface area contributed by atoms with Crippen LogP contribution in [-0.4, -0.2) is 35.3 Å². The summed E-state index contributed by atoms with van der Waals surface area (Å²) in [6.45, 7) is 0.0622. The van der Waals surface area contributed by atoms with Crippen LogP contribution < -0.4 is 5.69 Å². The van der Waals surface area contributed by atoms with E-state index in [9.17, 15) is 26.7 Å². The molecule has 7 nitrogen and oxygen atoms in total. The molecule has 2 aromatic heterocycles. The second kappa shape index (κ2) is 10.0. The smallest absolute Gasteiger partial charge is 0.275 e. The molecule has 1 atom stereocenters. The molecule has 2 heterocycles. The molecule has 0 fully saturated rings. The van der Waals surface area contributed by atoms with Gasteiger partial charge >= 0.3 is 11.9 Å². The van der Waals surface area contributed by atoms with Gasteiger partial charge in [-0.3, -0.25) is 4.57 Å². The Hall–Kier alpha value is -3.25. The molecule has 0 spiro atoms. The Bertz CT molecular complexity index is 1420. The number of hydrogen-bond donors (Lipinski definition) is 0. The van der Waals surface area contributed by atoms with E-state index < -0.39 is 43.4 Å². The number of rotatable bonds is 7. The molecule has 1 unspecified atom stereocenters. The minimum absolute atomic E-state index is 0.0309. The SMILES string of the molecule is CC(F)c1nc(Cn2nc(-c3ccc(Cl)cc3)n(CCC(F)(F)F)c2=O)nn1-c1c(F)cccc1Cl. The first-order chi connectivity index (χ1) is 16.9. The van der Waals surface area contributed by atoms with Gasteiger partial charge in [0, 0.05) is 17.1 Å². The molecular formula is C22H17Cl2F5N6O. The Morgan fingerprint density at radius 3 is 2.36 bits per heavy atom. The van der Waals surface area contributed by atoms with Crippen LogP contribution in [-0.2, 0) is 13.1 Å². The molecule has 36 heavy (non-hydrogen) atoms. The molecule has 0 bridgehead atoms. The van der Waals surface area contributed by atoms with Gasteiger partial charge < -0.3 is 0 Å². The summed E-state index contributed by atoms with van der Waals surface area (Å²) in [5.41, 5.74) is -0.742. The maximum Gasteiger partial charge on any atom is 0.390 e. The maximum atomic E-state index is 14.5. The van der Waals surface area contributed by atoms with E-state index >= 15 is 0 Å². The lowest BCUT2D eigenvalue weighted by atomic mass is 10.2. The Morgan fingerprint density at radius 2 is 1.75 bits per heavy atom. The summed E-state index contributed by atoms with van der Waals surface area (Å²) in [4.78, 5) is 17.1. The Kier molecular flexibility index (Phi) is 7.19. The predicted octanol–water partition coefficient (Wildman–Crippen LogP) is 5.77. The average molecular weight is 547 g/mol. The summed E-state index contributed by atoms with van der Waals surface area (Å²) in [7, 11) is 0. The molecule has 4 aromatic rings. The van der Waals surface area contributed by atoms with E-state index in [0.29, 0.717) is 10.6 Å². The van der Waals surface area contributed by atoms with Crippen LogP contribution in [0.3, 0.4) is 0 Å². The molecule has 0 N–H and O–H groups in total. The first-order valence-corrected chi connectivity index (χ1v) is 11.2. The van der Waals surface area contributed by atoms with E-state index in [0.717, 1.165) is 26.9 Å². The van der Waals surface area contributed by atoms with Crippen molar-refractivity contribution in [1.82, 2.24) is 29.1 Å². The minimum Gasteiger partial charge on any atom is -0.275 e. The van der Waals surface area contributed by atoms with Crippen LogP contribution in [0.4, 0.5) is 22.0 Å². The van der Waals surface area contributed by atoms with Gasteiger partial charge in [0.2, 0.25) is 0 Å². The van der Waals surface area contributed by atoms with Gasteiger partial charge in [-0.25, -0.2) is 27.9 Å². The number of aromatic nitrogens is 6. The standard InChI is InChI=1S/C22H17Cl2F5N6O/c1-12(25)19-30-17(31-35(19)18-15(24)3-2-4-16(18)26)11-34-21(36)33(10-9-22(27,28)29)20(32-34)13-5-7-14(23)8-6-13/h2-8,12H,9-11H2,1H3. The van der Waals surface area contributed by atoms with E-state index in [1.807, 2.05) is 0 Å². The van der Waals surface area contributed by atoms with Crippen molar-refractivity contribution in [3.05, 3.63) is 80.5 Å². The zero-order valence-electron chi connectivity index (χ0n) is 18.5. The molecule has 0 aliphatic heterocycles. The van der Waals surface area contributed by atoms with Crippen molar-refractivity contribution >= 4 is 23.2 Å². The quantitative estimate of drug-likeness (QED) is 0.276. The van der Waals surface area contributed by atoms with Gasteiger partial charge in [-0.1, -0.05) is 29.3 Å². The van der Waals surface area contributed by atoms with Crippen LogP contribution in [0, 0.1) is 5.82 Å². The van der Waals surface area contributed by atoms with Crippen LogP contribution >= 0.6 is 23.2 Å². The fourth-order valence-corrected chi connectivity index (χ4v) is 3.85. The maximum absolute atomic E-state index is 14.5. The van der Waals surface area contributed by atoms with Crippen molar-refractivity contribution in [3.8, 4) is 17.1 Å². The number of benzene rings is 2. The summed E-state index contributed by atoms with van der Waals surface area (Å²) in [6.07, 6.45) is -7.46. The van der Waals surface area contributed by atoms with Gasteiger partial charge in [0.1, 0.15) is 18.0 Å². The number of para-hydroxylation sites is 1. The van der Waals surface area contributed by atoms with E-state index in [1.165, 1.54) is 36.4 Å². The fourth-order valence-electron chi connectivity index (χ4n) is 3.48. The highest BCUT2D eigenvalue weighted by molar-refractivity contribution is 6.32. The minimum atomic E-state index is -4.51. The number of nitrogens with zero attached hydrogens (tertiary/aromatic N) is 6. The zero-order valence-corrected chi connectivity index (χ0v) is 20.0. The van der Waals surface area contributed by atoms with Gasteiger partial charge in [0.25, 0.3) is 0 Å². The van der Waals surface area contributed by atoms with E-state index in [2.05, 4.69) is 15.2 Å². The van der Waals surface area contributed by atoms with Gasteiger partial charge in [0.15, 0.2) is 23.6 Å². The molecule has 0 amide bonds. The normalized spacial score (nSPS) is 12.8. The largest absolute Gasteiger partial charge is 0.390 e. The first-order valence-electron chi connectivity index (χ1n) is 10.5. The highest BCUT2D eigenvalue weighted by Gasteiger charge is 2.29. The second-order valence-electron chi connectivity index (χ2n) is 7.77. The van der Waals surface area contributed by atoms with Crippen molar-refractivity contribution in [2.24, 2.45) is 0 Å². The summed E-state index contributed by atoms with van der Waals surface area (Å²) < 4.78 is 70.1. The lowest BCUT2D eigenvalue weighted by Crippen LogP contribution is -2.27. The lowest BCUT2D eigenvalue weighted by molar-refractivity contribution is -0.136. The average Bonchev–Trinajstić information content (AvgIpc) is 3.34. The number of alkyl halides is 4. The Labute approximate surface area is 210 Å². The summed E-state index contributed by atoms with van der Waals surface area (Å²) in [5.74, 6) is -1.21. The third-order valence-electron chi connectivity index (χ3n) is 5.12. The number of halogens is 7. The van der Waals surface area contributed by atoms with E-state index in [-0.39, 0.29) is 28.2 Å². The van der Waals surface area contributed by atoms with Crippen LogP contribution in [0.15, 0.2) is 47.3 Å². The van der Waals surface area contributed by atoms with Gasteiger partial charge in [0.05, 0.1) is 11.4 Å². The summed E-state index contributed by atoms with van der Waals surface area (Å²) in [6, 6.07) is 9.89. The van der Waals surface area contributed by atoms with E-state index in [1.54, 1.807) is 0 Å². The molecule has 0 saturated heterocycles. The predicted molar refractivity (Wildman–Crippen MR) is 123 cm³/mol. The van der Waals surface area contributed by atoms with Crippen molar-refractivity contribution in [2.45, 2.75) is 38.8 Å². The molecule has 0 aliphatic rings. The van der Waals surface area contributed by atoms with Crippen LogP contribution in [0.1, 0.15) is 31.2 Å². The molecule has 190 valence electrons. The van der Waals surface area contributed by atoms with Crippen molar-refractivity contribution in [1.29, 1.82) is 0 Å². The van der Waals surface area contributed by atoms with Crippen molar-refractivity contribution in [2.75, 3.05) is 0 Å². The lowest BCUT2D eigenvalue weighted by Gasteiger charge is -2.09. The zero-order chi connectivity index (χ0) is 26.2. The van der Waals surface area contributed by atoms with Gasteiger partial charge in [-0.2, -0.15) is 13.2 Å². The van der Waals surface area contributed by atoms with Gasteiger partial charge in [-0.05, 0) is 43.3 Å². The third-order valence-corrected chi connectivity index (χ3v) is 5.67. The van der Waals surface area contributed by atoms with Crippen LogP contribution in [0.2, 0.25) is 10.0 Å². The van der Waals surface area contributed by atoms with Gasteiger partial charge in [-0.15, -0.1) is 10.2 Å². The Morgan fingerprint density at radius 1 is 1.06 bits per heavy atom. The van der Waals surface area contributed by atoms with Crippen molar-refractivity contribution < 1.29 is 22.0 Å². The Balaban J connectivity index is 1.77. The highest BCUT2D eigenvalue weighted by Crippen LogP contribution is 2.27. The summed E-state index contributed by atoms with van der Waals surface area (Å²) in [5, 5.41) is 8.61. The second-order valence-corrected chi connectivity index (χ2v) is 8.62. The first kappa shape index (κ1) is 25.8. The van der Waals surface area contributed by atoms with Crippen molar-refractivity contribution in [3.63, 3.8) is 0 Å². The topological polar surface area (TPSA) is 70.5 Å². The highest BCUT2D eigenvalue weighted by atomic mass is 35.5. The summed E-state index contributed by atoms with van der Waals surface area (Å²) >= 11 is 12.0. The van der Waals surface area contributed by atoms with Crippen LogP contribution in [0.5, 0.6) is 0 Å². The van der Waals surface area contributed by atoms with E-state index in [4.69, 9.17) is 23.2 Å².